The van der Waals surface area contributed by atoms with Gasteiger partial charge in [-0.1, -0.05) is 36.4 Å². The van der Waals surface area contributed by atoms with Gasteiger partial charge in [0.1, 0.15) is 5.60 Å². The standard InChI is InChI=1S/C16H18FNO2/c1-20-15-8-7-12(9-14(15)17)10-16(19,11-18)13-5-3-2-4-6-13/h2-9,19H,10-11,18H2,1H3. The number of rotatable bonds is 5. The second-order valence-corrected chi connectivity index (χ2v) is 4.75. The molecule has 0 aromatic heterocycles. The fraction of sp³-hybridized carbons (Fsp3) is 0.250. The van der Waals surface area contributed by atoms with Crippen LogP contribution in [-0.4, -0.2) is 18.8 Å². The molecule has 2 aromatic carbocycles. The van der Waals surface area contributed by atoms with Crippen LogP contribution in [0.1, 0.15) is 11.1 Å². The lowest BCUT2D eigenvalue weighted by Gasteiger charge is -2.27. The molecule has 0 aliphatic carbocycles. The van der Waals surface area contributed by atoms with Crippen molar-refractivity contribution in [2.24, 2.45) is 5.73 Å². The smallest absolute Gasteiger partial charge is 0.165 e. The van der Waals surface area contributed by atoms with E-state index >= 15 is 0 Å². The van der Waals surface area contributed by atoms with Gasteiger partial charge in [-0.2, -0.15) is 0 Å². The van der Waals surface area contributed by atoms with Crippen molar-refractivity contribution in [3.63, 3.8) is 0 Å². The molecule has 4 heteroatoms. The van der Waals surface area contributed by atoms with E-state index in [-0.39, 0.29) is 18.7 Å². The van der Waals surface area contributed by atoms with Crippen LogP contribution in [0.3, 0.4) is 0 Å². The maximum atomic E-state index is 13.7. The van der Waals surface area contributed by atoms with Gasteiger partial charge >= 0.3 is 0 Å². The second kappa shape index (κ2) is 6.03. The quantitative estimate of drug-likeness (QED) is 0.879. The van der Waals surface area contributed by atoms with Crippen LogP contribution < -0.4 is 10.5 Å². The van der Waals surface area contributed by atoms with E-state index in [0.29, 0.717) is 5.56 Å². The Labute approximate surface area is 117 Å². The third-order valence-electron chi connectivity index (χ3n) is 3.36. The minimum absolute atomic E-state index is 0.0602. The number of benzene rings is 2. The lowest BCUT2D eigenvalue weighted by molar-refractivity contribution is 0.0462. The molecular weight excluding hydrogens is 257 g/mol. The van der Waals surface area contributed by atoms with Gasteiger partial charge in [0.15, 0.2) is 11.6 Å². The largest absolute Gasteiger partial charge is 0.494 e. The van der Waals surface area contributed by atoms with E-state index in [1.54, 1.807) is 12.1 Å². The zero-order valence-corrected chi connectivity index (χ0v) is 11.3. The van der Waals surface area contributed by atoms with Gasteiger partial charge in [-0.15, -0.1) is 0 Å². The number of ether oxygens (including phenoxy) is 1. The van der Waals surface area contributed by atoms with Gasteiger partial charge in [0.25, 0.3) is 0 Å². The highest BCUT2D eigenvalue weighted by Crippen LogP contribution is 2.27. The zero-order valence-electron chi connectivity index (χ0n) is 11.3. The summed E-state index contributed by atoms with van der Waals surface area (Å²) in [7, 11) is 1.41. The third kappa shape index (κ3) is 2.98. The molecule has 2 aromatic rings. The SMILES string of the molecule is COc1ccc(CC(O)(CN)c2ccccc2)cc1F. The Morgan fingerprint density at radius 2 is 1.90 bits per heavy atom. The highest BCUT2D eigenvalue weighted by molar-refractivity contribution is 5.32. The molecule has 0 bridgehead atoms. The van der Waals surface area contributed by atoms with Crippen molar-refractivity contribution in [1.82, 2.24) is 0 Å². The van der Waals surface area contributed by atoms with Crippen molar-refractivity contribution in [3.05, 3.63) is 65.5 Å². The molecule has 1 unspecified atom stereocenters. The van der Waals surface area contributed by atoms with Crippen molar-refractivity contribution < 1.29 is 14.2 Å². The molecule has 0 spiro atoms. The van der Waals surface area contributed by atoms with E-state index in [2.05, 4.69) is 0 Å². The van der Waals surface area contributed by atoms with Crippen molar-refractivity contribution in [2.45, 2.75) is 12.0 Å². The highest BCUT2D eigenvalue weighted by atomic mass is 19.1. The molecule has 0 amide bonds. The highest BCUT2D eigenvalue weighted by Gasteiger charge is 2.28. The van der Waals surface area contributed by atoms with Gasteiger partial charge in [0.2, 0.25) is 0 Å². The number of halogens is 1. The summed E-state index contributed by atoms with van der Waals surface area (Å²) < 4.78 is 18.6. The Morgan fingerprint density at radius 1 is 1.20 bits per heavy atom. The molecule has 0 heterocycles. The van der Waals surface area contributed by atoms with Crippen LogP contribution in [0.5, 0.6) is 5.75 Å². The van der Waals surface area contributed by atoms with E-state index in [1.165, 1.54) is 13.2 Å². The van der Waals surface area contributed by atoms with E-state index < -0.39 is 11.4 Å². The van der Waals surface area contributed by atoms with Crippen molar-refractivity contribution in [3.8, 4) is 5.75 Å². The first-order valence-corrected chi connectivity index (χ1v) is 6.39. The normalized spacial score (nSPS) is 13.8. The molecule has 106 valence electrons. The number of hydrogen-bond donors (Lipinski definition) is 2. The Kier molecular flexibility index (Phi) is 4.37. The average Bonchev–Trinajstić information content (AvgIpc) is 2.48. The van der Waals surface area contributed by atoms with Crippen LogP contribution in [0.15, 0.2) is 48.5 Å². The molecule has 20 heavy (non-hydrogen) atoms. The summed E-state index contributed by atoms with van der Waals surface area (Å²) in [5.74, 6) is -0.262. The number of methoxy groups -OCH3 is 1. The maximum Gasteiger partial charge on any atom is 0.165 e. The lowest BCUT2D eigenvalue weighted by atomic mass is 9.87. The fourth-order valence-corrected chi connectivity index (χ4v) is 2.20. The van der Waals surface area contributed by atoms with Crippen LogP contribution in [0, 0.1) is 5.82 Å². The summed E-state index contributed by atoms with van der Waals surface area (Å²) in [6.07, 6.45) is 0.244. The van der Waals surface area contributed by atoms with Gasteiger partial charge < -0.3 is 15.6 Å². The van der Waals surface area contributed by atoms with E-state index in [1.807, 2.05) is 30.3 Å². The van der Waals surface area contributed by atoms with Gasteiger partial charge in [-0.25, -0.2) is 4.39 Å². The van der Waals surface area contributed by atoms with Crippen LogP contribution in [0.25, 0.3) is 0 Å². The number of aliphatic hydroxyl groups is 1. The Morgan fingerprint density at radius 3 is 2.45 bits per heavy atom. The fourth-order valence-electron chi connectivity index (χ4n) is 2.20. The predicted octanol–water partition coefficient (Wildman–Crippen LogP) is 2.22. The molecule has 1 atom stereocenters. The van der Waals surface area contributed by atoms with E-state index in [9.17, 15) is 9.50 Å². The molecule has 0 radical (unpaired) electrons. The Balaban J connectivity index is 2.28. The average molecular weight is 275 g/mol. The number of hydrogen-bond acceptors (Lipinski definition) is 3. The second-order valence-electron chi connectivity index (χ2n) is 4.75. The number of nitrogens with two attached hydrogens (primary N) is 1. The Hall–Kier alpha value is -1.91. The summed E-state index contributed by atoms with van der Waals surface area (Å²) >= 11 is 0. The molecule has 0 saturated heterocycles. The Bertz CT molecular complexity index is 574. The van der Waals surface area contributed by atoms with Gasteiger partial charge in [0, 0.05) is 13.0 Å². The zero-order chi connectivity index (χ0) is 14.6. The summed E-state index contributed by atoms with van der Waals surface area (Å²) in [6.45, 7) is 0.0602. The molecular formula is C16H18FNO2. The van der Waals surface area contributed by atoms with Gasteiger partial charge in [0.05, 0.1) is 7.11 Å². The van der Waals surface area contributed by atoms with Crippen LogP contribution in [-0.2, 0) is 12.0 Å². The van der Waals surface area contributed by atoms with E-state index in [4.69, 9.17) is 10.5 Å². The van der Waals surface area contributed by atoms with E-state index in [0.717, 1.165) is 5.56 Å². The lowest BCUT2D eigenvalue weighted by Crippen LogP contribution is -2.37. The van der Waals surface area contributed by atoms with Crippen LogP contribution >= 0.6 is 0 Å². The summed E-state index contributed by atoms with van der Waals surface area (Å²) in [5, 5.41) is 10.7. The summed E-state index contributed by atoms with van der Waals surface area (Å²) in [4.78, 5) is 0. The molecule has 2 rings (SSSR count). The first-order valence-electron chi connectivity index (χ1n) is 6.39. The van der Waals surface area contributed by atoms with Crippen LogP contribution in [0.4, 0.5) is 4.39 Å². The maximum absolute atomic E-state index is 13.7. The third-order valence-corrected chi connectivity index (χ3v) is 3.36. The first-order chi connectivity index (χ1) is 9.59. The minimum Gasteiger partial charge on any atom is -0.494 e. The molecule has 0 saturated carbocycles. The van der Waals surface area contributed by atoms with Crippen molar-refractivity contribution in [2.75, 3.05) is 13.7 Å². The molecule has 0 aliphatic rings. The summed E-state index contributed by atoms with van der Waals surface area (Å²) in [6, 6.07) is 13.8. The molecule has 0 aliphatic heterocycles. The predicted molar refractivity (Wildman–Crippen MR) is 76.0 cm³/mol. The van der Waals surface area contributed by atoms with Gasteiger partial charge in [-0.05, 0) is 23.3 Å². The molecule has 0 fully saturated rings. The topological polar surface area (TPSA) is 55.5 Å². The van der Waals surface area contributed by atoms with Crippen LogP contribution in [0.2, 0.25) is 0 Å². The van der Waals surface area contributed by atoms with Crippen molar-refractivity contribution in [1.29, 1.82) is 0 Å². The molecule has 3 nitrogen and oxygen atoms in total. The first kappa shape index (κ1) is 14.5. The van der Waals surface area contributed by atoms with Gasteiger partial charge in [-0.3, -0.25) is 0 Å². The minimum atomic E-state index is -1.21. The van der Waals surface area contributed by atoms with Crippen molar-refractivity contribution >= 4 is 0 Å². The monoisotopic (exact) mass is 275 g/mol. The molecule has 3 N–H and O–H groups in total. The summed E-state index contributed by atoms with van der Waals surface area (Å²) in [5.41, 5.74) is 5.89.